The quantitative estimate of drug-likeness (QED) is 0.616. The van der Waals surface area contributed by atoms with Crippen molar-refractivity contribution in [3.05, 3.63) is 28.2 Å². The summed E-state index contributed by atoms with van der Waals surface area (Å²) in [4.78, 5) is 13.6. The summed E-state index contributed by atoms with van der Waals surface area (Å²) in [6.45, 7) is 1.13. The maximum atomic E-state index is 10.1. The van der Waals surface area contributed by atoms with Gasteiger partial charge in [0.25, 0.3) is 0 Å². The van der Waals surface area contributed by atoms with Crippen LogP contribution in [0.4, 0.5) is 0 Å². The molecule has 1 aliphatic rings. The number of hydrogen-bond acceptors (Lipinski definition) is 3. The topological polar surface area (TPSA) is 38.7 Å². The zero-order valence-electron chi connectivity index (χ0n) is 9.49. The minimum atomic E-state index is 0.350. The lowest BCUT2D eigenvalue weighted by atomic mass is 9.86. The number of aliphatic imine (C=N–C) groups is 1. The van der Waals surface area contributed by atoms with Gasteiger partial charge in [0, 0.05) is 4.47 Å². The number of halogens is 1. The van der Waals surface area contributed by atoms with Crippen molar-refractivity contribution in [3.63, 3.8) is 0 Å². The van der Waals surface area contributed by atoms with E-state index in [0.29, 0.717) is 12.5 Å². The third-order valence-electron chi connectivity index (χ3n) is 2.97. The molecule has 0 atom stereocenters. The molecule has 0 amide bonds. The molecule has 0 aromatic heterocycles. The van der Waals surface area contributed by atoms with Gasteiger partial charge in [-0.1, -0.05) is 22.4 Å². The van der Waals surface area contributed by atoms with Gasteiger partial charge >= 0.3 is 0 Å². The van der Waals surface area contributed by atoms with Gasteiger partial charge in [-0.25, -0.2) is 9.79 Å². The molecule has 0 aliphatic heterocycles. The van der Waals surface area contributed by atoms with Crippen LogP contribution in [0, 0.1) is 5.92 Å². The first-order chi connectivity index (χ1) is 8.28. The van der Waals surface area contributed by atoms with E-state index in [2.05, 4.69) is 20.9 Å². The van der Waals surface area contributed by atoms with Crippen molar-refractivity contribution < 1.29 is 9.53 Å². The first-order valence-electron chi connectivity index (χ1n) is 5.74. The number of carbonyl (C=O) groups excluding carboxylic acids is 1. The molecule has 1 fully saturated rings. The van der Waals surface area contributed by atoms with Crippen LogP contribution in [0.1, 0.15) is 24.8 Å². The van der Waals surface area contributed by atoms with Crippen LogP contribution in [0.25, 0.3) is 0 Å². The Hall–Kier alpha value is -1.12. The lowest BCUT2D eigenvalue weighted by molar-refractivity contribution is 0.180. The van der Waals surface area contributed by atoms with Crippen molar-refractivity contribution in [1.29, 1.82) is 0 Å². The molecule has 0 N–H and O–H groups in total. The van der Waals surface area contributed by atoms with Crippen molar-refractivity contribution in [2.75, 3.05) is 6.61 Å². The second kappa shape index (κ2) is 5.99. The van der Waals surface area contributed by atoms with Gasteiger partial charge in [-0.05, 0) is 42.5 Å². The predicted molar refractivity (Wildman–Crippen MR) is 68.8 cm³/mol. The second-order valence-corrected chi connectivity index (χ2v) is 5.23. The number of isocyanates is 1. The van der Waals surface area contributed by atoms with Crippen LogP contribution in [0.5, 0.6) is 5.75 Å². The highest BCUT2D eigenvalue weighted by Crippen LogP contribution is 2.28. The summed E-state index contributed by atoms with van der Waals surface area (Å²) in [5.74, 6) is 1.55. The molecule has 1 aromatic carbocycles. The summed E-state index contributed by atoms with van der Waals surface area (Å²) >= 11 is 3.42. The van der Waals surface area contributed by atoms with Crippen LogP contribution in [-0.2, 0) is 11.3 Å². The molecule has 1 aliphatic carbocycles. The summed E-state index contributed by atoms with van der Waals surface area (Å²) in [5, 5.41) is 0. The van der Waals surface area contributed by atoms with Crippen LogP contribution in [0.3, 0.4) is 0 Å². The third-order valence-corrected chi connectivity index (χ3v) is 3.43. The molecular weight excluding hydrogens is 282 g/mol. The average Bonchev–Trinajstić information content (AvgIpc) is 2.23. The van der Waals surface area contributed by atoms with Gasteiger partial charge in [0.15, 0.2) is 0 Å². The van der Waals surface area contributed by atoms with Crippen molar-refractivity contribution in [2.24, 2.45) is 10.9 Å². The Morgan fingerprint density at radius 1 is 1.41 bits per heavy atom. The summed E-state index contributed by atoms with van der Waals surface area (Å²) < 4.78 is 6.69. The van der Waals surface area contributed by atoms with E-state index < -0.39 is 0 Å². The van der Waals surface area contributed by atoms with E-state index >= 15 is 0 Å². The molecule has 17 heavy (non-hydrogen) atoms. The van der Waals surface area contributed by atoms with Crippen molar-refractivity contribution in [2.45, 2.75) is 25.8 Å². The predicted octanol–water partition coefficient (Wildman–Crippen LogP) is 3.46. The minimum Gasteiger partial charge on any atom is -0.493 e. The van der Waals surface area contributed by atoms with Crippen molar-refractivity contribution in [3.8, 4) is 5.75 Å². The average molecular weight is 296 g/mol. The van der Waals surface area contributed by atoms with E-state index in [-0.39, 0.29) is 0 Å². The zero-order valence-corrected chi connectivity index (χ0v) is 11.1. The second-order valence-electron chi connectivity index (χ2n) is 4.31. The molecule has 0 radical (unpaired) electrons. The fourth-order valence-electron chi connectivity index (χ4n) is 1.79. The molecule has 0 heterocycles. The van der Waals surface area contributed by atoms with Crippen LogP contribution >= 0.6 is 15.9 Å². The Kier molecular flexibility index (Phi) is 4.35. The summed E-state index contributed by atoms with van der Waals surface area (Å²) in [7, 11) is 0. The van der Waals surface area contributed by atoms with Crippen LogP contribution in [0.2, 0.25) is 0 Å². The lowest BCUT2D eigenvalue weighted by Gasteiger charge is -2.25. The maximum absolute atomic E-state index is 10.1. The Morgan fingerprint density at radius 3 is 2.88 bits per heavy atom. The fourth-order valence-corrected chi connectivity index (χ4v) is 2.31. The monoisotopic (exact) mass is 295 g/mol. The van der Waals surface area contributed by atoms with E-state index in [1.54, 1.807) is 6.08 Å². The van der Waals surface area contributed by atoms with Gasteiger partial charge in [-0.2, -0.15) is 0 Å². The normalized spacial score (nSPS) is 14.9. The zero-order chi connectivity index (χ0) is 12.1. The maximum Gasteiger partial charge on any atom is 0.235 e. The smallest absolute Gasteiger partial charge is 0.235 e. The Bertz CT molecular complexity index is 437. The van der Waals surface area contributed by atoms with Crippen LogP contribution in [-0.4, -0.2) is 12.7 Å². The number of ether oxygens (including phenoxy) is 1. The van der Waals surface area contributed by atoms with Gasteiger partial charge in [-0.3, -0.25) is 0 Å². The highest BCUT2D eigenvalue weighted by atomic mass is 79.9. The fraction of sp³-hybridized carbons (Fsp3) is 0.462. The Morgan fingerprint density at radius 2 is 2.24 bits per heavy atom. The van der Waals surface area contributed by atoms with E-state index in [4.69, 9.17) is 4.74 Å². The highest BCUT2D eigenvalue weighted by molar-refractivity contribution is 9.10. The lowest BCUT2D eigenvalue weighted by Crippen LogP contribution is -2.19. The number of nitrogens with zero attached hydrogens (tertiary/aromatic N) is 1. The van der Waals surface area contributed by atoms with Gasteiger partial charge in [0.1, 0.15) is 5.75 Å². The highest BCUT2D eigenvalue weighted by Gasteiger charge is 2.17. The first-order valence-corrected chi connectivity index (χ1v) is 6.53. The van der Waals surface area contributed by atoms with Crippen LogP contribution < -0.4 is 4.74 Å². The molecular formula is C13H14BrNO2. The molecule has 0 bridgehead atoms. The molecule has 3 nitrogen and oxygen atoms in total. The molecule has 0 unspecified atom stereocenters. The van der Waals surface area contributed by atoms with Crippen LogP contribution in [0.15, 0.2) is 27.7 Å². The molecule has 0 spiro atoms. The standard InChI is InChI=1S/C13H14BrNO2/c14-12-4-11(7-15-9-16)5-13(6-12)17-8-10-2-1-3-10/h4-6,10H,1-3,7-8H2. The SMILES string of the molecule is O=C=NCc1cc(Br)cc(OCC2CCC2)c1. The number of rotatable bonds is 5. The molecule has 1 saturated carbocycles. The van der Waals surface area contributed by atoms with Gasteiger partial charge < -0.3 is 4.74 Å². The van der Waals surface area contributed by atoms with E-state index in [0.717, 1.165) is 22.4 Å². The summed E-state index contributed by atoms with van der Waals surface area (Å²) in [6, 6.07) is 5.79. The third kappa shape index (κ3) is 3.69. The Labute approximate surface area is 109 Å². The molecule has 90 valence electrons. The van der Waals surface area contributed by atoms with Crippen molar-refractivity contribution >= 4 is 22.0 Å². The molecule has 4 heteroatoms. The van der Waals surface area contributed by atoms with Gasteiger partial charge in [0.05, 0.1) is 13.2 Å². The van der Waals surface area contributed by atoms with E-state index in [1.165, 1.54) is 19.3 Å². The van der Waals surface area contributed by atoms with E-state index in [1.807, 2.05) is 18.2 Å². The minimum absolute atomic E-state index is 0.350. The van der Waals surface area contributed by atoms with Crippen molar-refractivity contribution in [1.82, 2.24) is 0 Å². The molecule has 0 saturated heterocycles. The molecule has 2 rings (SSSR count). The largest absolute Gasteiger partial charge is 0.493 e. The molecule has 1 aromatic rings. The Balaban J connectivity index is 1.99. The summed E-state index contributed by atoms with van der Waals surface area (Å²) in [6.07, 6.45) is 5.42. The van der Waals surface area contributed by atoms with Gasteiger partial charge in [0.2, 0.25) is 6.08 Å². The summed E-state index contributed by atoms with van der Waals surface area (Å²) in [5.41, 5.74) is 0.950. The van der Waals surface area contributed by atoms with Gasteiger partial charge in [-0.15, -0.1) is 0 Å². The number of hydrogen-bond donors (Lipinski definition) is 0. The first kappa shape index (κ1) is 12.3. The number of benzene rings is 1. The van der Waals surface area contributed by atoms with E-state index in [9.17, 15) is 4.79 Å².